The van der Waals surface area contributed by atoms with E-state index < -0.39 is 9.55 Å². The van der Waals surface area contributed by atoms with Crippen LogP contribution < -0.4 is 4.74 Å². The first-order valence-electron chi connectivity index (χ1n) is 11.5. The van der Waals surface area contributed by atoms with Crippen molar-refractivity contribution in [3.63, 3.8) is 0 Å². The maximum Gasteiger partial charge on any atom is 0.143 e. The minimum atomic E-state index is -2.42. The number of fused-ring (bicyclic) bond motifs is 3. The van der Waals surface area contributed by atoms with Gasteiger partial charge >= 0.3 is 0 Å². The number of nitrogens with one attached hydrogen (secondary N) is 1. The molecule has 0 saturated heterocycles. The predicted molar refractivity (Wildman–Crippen MR) is 143 cm³/mol. The van der Waals surface area contributed by atoms with E-state index in [-0.39, 0.29) is 0 Å². The van der Waals surface area contributed by atoms with Crippen LogP contribution in [0.3, 0.4) is 0 Å². The molecule has 2 aromatic heterocycles. The Morgan fingerprint density at radius 3 is 2.79 bits per heavy atom. The van der Waals surface area contributed by atoms with Gasteiger partial charge in [-0.25, -0.2) is 4.98 Å². The highest BCUT2D eigenvalue weighted by Gasteiger charge is 2.34. The van der Waals surface area contributed by atoms with Gasteiger partial charge in [-0.2, -0.15) is 0 Å². The van der Waals surface area contributed by atoms with E-state index in [1.807, 2.05) is 24.4 Å². The van der Waals surface area contributed by atoms with Crippen molar-refractivity contribution in [2.45, 2.75) is 36.3 Å². The van der Waals surface area contributed by atoms with E-state index in [1.54, 1.807) is 0 Å². The van der Waals surface area contributed by atoms with Gasteiger partial charge < -0.3 is 14.6 Å². The van der Waals surface area contributed by atoms with Crippen molar-refractivity contribution in [3.05, 3.63) is 54.2 Å². The predicted octanol–water partition coefficient (Wildman–Crippen LogP) is 5.35. The third-order valence-electron chi connectivity index (χ3n) is 6.36. The molecule has 1 aliphatic carbocycles. The summed E-state index contributed by atoms with van der Waals surface area (Å²) >= 11 is 0. The molecule has 174 valence electrons. The second-order valence-electron chi connectivity index (χ2n) is 9.39. The normalized spacial score (nSPS) is 14.9. The van der Waals surface area contributed by atoms with Crippen LogP contribution in [0, 0.1) is 6.92 Å². The number of aromatic amines is 1. The molecule has 1 unspecified atom stereocenters. The lowest BCUT2D eigenvalue weighted by Crippen LogP contribution is -2.15. The van der Waals surface area contributed by atoms with Crippen LogP contribution in [0.15, 0.2) is 53.6 Å². The molecule has 33 heavy (non-hydrogen) atoms. The molecule has 1 atom stereocenters. The van der Waals surface area contributed by atoms with Crippen LogP contribution in [0.4, 0.5) is 0 Å². The van der Waals surface area contributed by atoms with Gasteiger partial charge in [-0.1, -0.05) is 30.1 Å². The Kier molecular flexibility index (Phi) is 6.02. The molecule has 0 amide bonds. The zero-order valence-corrected chi connectivity index (χ0v) is 21.5. The topological polar surface area (TPSA) is 58.2 Å². The SMILES string of the molecule is Cc1cnc2[nH]c3c(OCCCN(C)C)ccc(-c4cccc([SH](=O)(P)C5CC5)c4)c3c2c1. The molecule has 0 radical (unpaired) electrons. The summed E-state index contributed by atoms with van der Waals surface area (Å²) in [5.74, 6) is 0.842. The Morgan fingerprint density at radius 2 is 2.03 bits per heavy atom. The Bertz CT molecular complexity index is 1380. The van der Waals surface area contributed by atoms with Crippen molar-refractivity contribution in [1.29, 1.82) is 0 Å². The van der Waals surface area contributed by atoms with Gasteiger partial charge in [-0.15, -0.1) is 0 Å². The number of hydrogen-bond acceptors (Lipinski definition) is 4. The fourth-order valence-electron chi connectivity index (χ4n) is 4.45. The van der Waals surface area contributed by atoms with E-state index in [4.69, 9.17) is 4.74 Å². The van der Waals surface area contributed by atoms with Crippen molar-refractivity contribution in [2.24, 2.45) is 0 Å². The van der Waals surface area contributed by atoms with Crippen molar-refractivity contribution >= 4 is 39.9 Å². The number of rotatable bonds is 8. The van der Waals surface area contributed by atoms with Crippen molar-refractivity contribution in [2.75, 3.05) is 27.2 Å². The van der Waals surface area contributed by atoms with Crippen LogP contribution >= 0.6 is 8.44 Å². The summed E-state index contributed by atoms with van der Waals surface area (Å²) in [6.07, 6.45) is 4.96. The van der Waals surface area contributed by atoms with Crippen LogP contribution in [0.2, 0.25) is 0 Å². The maximum atomic E-state index is 13.4. The molecule has 5 nitrogen and oxygen atoms in total. The molecule has 2 heterocycles. The number of ether oxygens (including phenoxy) is 1. The van der Waals surface area contributed by atoms with E-state index >= 15 is 0 Å². The summed E-state index contributed by atoms with van der Waals surface area (Å²) < 4.78 is 19.6. The Hall–Kier alpha value is -2.27. The van der Waals surface area contributed by atoms with Crippen LogP contribution in [0.25, 0.3) is 33.1 Å². The van der Waals surface area contributed by atoms with Crippen molar-refractivity contribution in [1.82, 2.24) is 14.9 Å². The molecule has 2 aromatic carbocycles. The number of aryl methyl sites for hydroxylation is 1. The Labute approximate surface area is 198 Å². The summed E-state index contributed by atoms with van der Waals surface area (Å²) in [7, 11) is 4.40. The van der Waals surface area contributed by atoms with Crippen LogP contribution in [0.1, 0.15) is 24.8 Å². The minimum Gasteiger partial charge on any atom is -0.491 e. The van der Waals surface area contributed by atoms with E-state index in [0.29, 0.717) is 11.9 Å². The summed E-state index contributed by atoms with van der Waals surface area (Å²) in [6, 6.07) is 14.6. The fraction of sp³-hybridized carbons (Fsp3) is 0.346. The Morgan fingerprint density at radius 1 is 1.21 bits per heavy atom. The van der Waals surface area contributed by atoms with E-state index in [0.717, 1.165) is 75.1 Å². The van der Waals surface area contributed by atoms with Gasteiger partial charge in [-0.05, 0) is 87.3 Å². The first-order chi connectivity index (χ1) is 15.8. The molecule has 0 bridgehead atoms. The third-order valence-corrected chi connectivity index (χ3v) is 11.2. The van der Waals surface area contributed by atoms with Gasteiger partial charge in [-0.3, -0.25) is 4.21 Å². The number of thiol groups is 1. The van der Waals surface area contributed by atoms with Crippen LogP contribution in [0.5, 0.6) is 5.75 Å². The molecule has 1 fully saturated rings. The summed E-state index contributed by atoms with van der Waals surface area (Å²) in [5, 5.41) is 2.50. The smallest absolute Gasteiger partial charge is 0.143 e. The molecule has 1 N–H and O–H groups in total. The molecular weight excluding hydrogens is 449 g/mol. The number of H-pyrrole nitrogens is 1. The number of pyridine rings is 1. The van der Waals surface area contributed by atoms with Gasteiger partial charge in [0.2, 0.25) is 0 Å². The molecule has 1 saturated carbocycles. The monoisotopic (exact) mass is 481 g/mol. The number of hydrogen-bond donors (Lipinski definition) is 2. The van der Waals surface area contributed by atoms with Crippen molar-refractivity contribution in [3.8, 4) is 16.9 Å². The van der Waals surface area contributed by atoms with Crippen LogP contribution in [-0.2, 0) is 9.55 Å². The fourth-order valence-corrected chi connectivity index (χ4v) is 7.82. The van der Waals surface area contributed by atoms with Gasteiger partial charge in [0.15, 0.2) is 0 Å². The van der Waals surface area contributed by atoms with Crippen LogP contribution in [-0.4, -0.2) is 51.6 Å². The second kappa shape index (κ2) is 8.83. The zero-order valence-electron chi connectivity index (χ0n) is 19.5. The number of nitrogens with zero attached hydrogens (tertiary/aromatic N) is 2. The average Bonchev–Trinajstić information content (AvgIpc) is 3.59. The highest BCUT2D eigenvalue weighted by atomic mass is 32.8. The average molecular weight is 482 g/mol. The largest absolute Gasteiger partial charge is 0.491 e. The van der Waals surface area contributed by atoms with Gasteiger partial charge in [0.25, 0.3) is 0 Å². The molecule has 0 aliphatic heterocycles. The summed E-state index contributed by atoms with van der Waals surface area (Å²) in [5.41, 5.74) is 5.11. The van der Waals surface area contributed by atoms with E-state index in [1.165, 1.54) is 0 Å². The molecule has 5 rings (SSSR count). The second-order valence-corrected chi connectivity index (χ2v) is 14.4. The standard InChI is InChI=1S/C26H32N3O2PS/c1-17-14-22-24-21(18-6-4-7-20(15-18)33(30,32)19-8-9-19)10-11-23(31-13-5-12-29(2)3)25(24)28-26(22)27-16-17/h4,6-7,10-11,14-16,19,33H,5,8-9,12-13,32H2,1-3H3,(H,27,28). The van der Waals surface area contributed by atoms with Gasteiger partial charge in [0, 0.05) is 33.7 Å². The minimum absolute atomic E-state index is 0.315. The molecule has 1 aliphatic rings. The molecule has 4 aromatic rings. The van der Waals surface area contributed by atoms with Gasteiger partial charge in [0.05, 0.1) is 12.1 Å². The molecular formula is C26H32N3O2PS. The summed E-state index contributed by atoms with van der Waals surface area (Å²) in [4.78, 5) is 11.2. The first-order valence-corrected chi connectivity index (χ1v) is 14.9. The summed E-state index contributed by atoms with van der Waals surface area (Å²) in [6.45, 7) is 3.70. The first kappa shape index (κ1) is 22.5. The van der Waals surface area contributed by atoms with Gasteiger partial charge in [0.1, 0.15) is 11.4 Å². The number of aromatic nitrogens is 2. The highest BCUT2D eigenvalue weighted by molar-refractivity contribution is 8.45. The van der Waals surface area contributed by atoms with E-state index in [9.17, 15) is 4.21 Å². The number of benzene rings is 2. The lowest BCUT2D eigenvalue weighted by molar-refractivity contribution is 0.284. The highest BCUT2D eigenvalue weighted by Crippen LogP contribution is 2.45. The molecule has 7 heteroatoms. The molecule has 0 spiro atoms. The third kappa shape index (κ3) is 4.44. The lowest BCUT2D eigenvalue weighted by atomic mass is 9.99. The van der Waals surface area contributed by atoms with E-state index in [2.05, 4.69) is 68.6 Å². The zero-order chi connectivity index (χ0) is 23.2. The lowest BCUT2D eigenvalue weighted by Gasteiger charge is -2.19. The quantitative estimate of drug-likeness (QED) is 0.202. The Balaban J connectivity index is 1.62. The van der Waals surface area contributed by atoms with Crippen molar-refractivity contribution < 1.29 is 8.95 Å². The maximum absolute atomic E-state index is 13.4.